The van der Waals surface area contributed by atoms with E-state index in [1.54, 1.807) is 36.4 Å². The average molecular weight is 667 g/mol. The van der Waals surface area contributed by atoms with Gasteiger partial charge in [-0.1, -0.05) is 24.3 Å². The molecule has 2 aromatic carbocycles. The van der Waals surface area contributed by atoms with E-state index < -0.39 is 15.6 Å². The number of phosphoric acid groups is 2. The molecule has 0 spiro atoms. The van der Waals surface area contributed by atoms with E-state index in [1.807, 2.05) is 0 Å². The van der Waals surface area contributed by atoms with Gasteiger partial charge < -0.3 is 86.0 Å². The molecule has 252 valence electrons. The lowest BCUT2D eigenvalue weighted by molar-refractivity contribution is -0.121. The van der Waals surface area contributed by atoms with Crippen LogP contribution in [0.2, 0.25) is 0 Å². The third kappa shape index (κ3) is 31.2. The molecular weight excluding hydrogens is 622 g/mol. The highest BCUT2D eigenvalue weighted by atomic mass is 31.2. The number of carbonyl (C=O) groups excluding carboxylic acids is 2. The van der Waals surface area contributed by atoms with E-state index in [2.05, 4.69) is 0 Å². The lowest BCUT2D eigenvalue weighted by Crippen LogP contribution is -2.01. The highest BCUT2D eigenvalue weighted by Gasteiger charge is 2.06. The largest absolute Gasteiger partial charge is 0.504 e. The van der Waals surface area contributed by atoms with Gasteiger partial charge in [-0.3, -0.25) is 9.59 Å². The SMILES string of the molecule is COc1cc(/C=C/C(=O)CC(=O)/C=C/c2ccc(O)c(OC)c2)ccc1O.N.N.N.N.N.N.O=P(O)(O)O.O=P(O)(O)O. The zero-order valence-electron chi connectivity index (χ0n) is 23.6. The van der Waals surface area contributed by atoms with E-state index in [0.29, 0.717) is 22.6 Å². The number of carbonyl (C=O) groups is 2. The van der Waals surface area contributed by atoms with Gasteiger partial charge >= 0.3 is 15.6 Å². The molecule has 0 aliphatic heterocycles. The van der Waals surface area contributed by atoms with Crippen molar-refractivity contribution < 1.29 is 67.8 Å². The van der Waals surface area contributed by atoms with Crippen molar-refractivity contribution in [2.24, 2.45) is 0 Å². The summed E-state index contributed by atoms with van der Waals surface area (Å²) in [5.74, 6) is -0.0832. The van der Waals surface area contributed by atoms with Crippen molar-refractivity contribution in [2.45, 2.75) is 6.42 Å². The van der Waals surface area contributed by atoms with Crippen LogP contribution in [0.1, 0.15) is 17.5 Å². The molecule has 43 heavy (non-hydrogen) atoms. The lowest BCUT2D eigenvalue weighted by atomic mass is 10.1. The van der Waals surface area contributed by atoms with Crippen molar-refractivity contribution in [1.82, 2.24) is 36.9 Å². The highest BCUT2D eigenvalue weighted by Crippen LogP contribution is 2.28. The van der Waals surface area contributed by atoms with Crippen molar-refractivity contribution in [3.8, 4) is 23.0 Å². The van der Waals surface area contributed by atoms with Crippen molar-refractivity contribution in [3.05, 3.63) is 59.7 Å². The molecule has 0 saturated carbocycles. The number of phenols is 2. The summed E-state index contributed by atoms with van der Waals surface area (Å²) >= 11 is 0. The van der Waals surface area contributed by atoms with Gasteiger partial charge in [0.05, 0.1) is 20.6 Å². The normalized spacial score (nSPS) is 9.67. The van der Waals surface area contributed by atoms with Crippen LogP contribution in [-0.2, 0) is 18.7 Å². The number of ketones is 2. The summed E-state index contributed by atoms with van der Waals surface area (Å²) in [6.45, 7) is 0. The molecule has 0 bridgehead atoms. The minimum Gasteiger partial charge on any atom is -0.504 e. The van der Waals surface area contributed by atoms with Gasteiger partial charge in [-0.25, -0.2) is 9.13 Å². The van der Waals surface area contributed by atoms with Crippen LogP contribution in [0.5, 0.6) is 23.0 Å². The predicted molar refractivity (Wildman–Crippen MR) is 161 cm³/mol. The van der Waals surface area contributed by atoms with Crippen LogP contribution < -0.4 is 46.4 Å². The summed E-state index contributed by atoms with van der Waals surface area (Å²) in [7, 11) is -6.41. The van der Waals surface area contributed by atoms with E-state index in [1.165, 1.54) is 38.5 Å². The first-order valence-corrected chi connectivity index (χ1v) is 12.8. The molecule has 2 rings (SSSR count). The smallest absolute Gasteiger partial charge is 0.466 e. The molecule has 26 N–H and O–H groups in total. The number of aromatic hydroxyl groups is 2. The second-order valence-corrected chi connectivity index (χ2v) is 8.72. The summed E-state index contributed by atoms with van der Waals surface area (Å²) in [6, 6.07) is 9.34. The van der Waals surface area contributed by atoms with Gasteiger partial charge in [0.1, 0.15) is 0 Å². The fourth-order valence-corrected chi connectivity index (χ4v) is 2.26. The monoisotopic (exact) mass is 666 g/mol. The zero-order valence-corrected chi connectivity index (χ0v) is 25.4. The quantitative estimate of drug-likeness (QED) is 0.109. The maximum atomic E-state index is 11.9. The Balaban J connectivity index is -0.000000141. The van der Waals surface area contributed by atoms with Crippen LogP contribution >= 0.6 is 15.6 Å². The van der Waals surface area contributed by atoms with E-state index >= 15 is 0 Å². The van der Waals surface area contributed by atoms with Gasteiger partial charge in [-0.15, -0.1) is 0 Å². The van der Waals surface area contributed by atoms with Gasteiger partial charge in [0.25, 0.3) is 0 Å². The van der Waals surface area contributed by atoms with Gasteiger partial charge in [0, 0.05) is 0 Å². The summed E-state index contributed by atoms with van der Waals surface area (Å²) in [4.78, 5) is 67.0. The van der Waals surface area contributed by atoms with Crippen LogP contribution in [0.25, 0.3) is 12.2 Å². The Kier molecular flexibility index (Phi) is 33.6. The third-order valence-corrected chi connectivity index (χ3v) is 3.68. The number of hydrogen-bond donors (Lipinski definition) is 14. The van der Waals surface area contributed by atoms with Gasteiger partial charge in [-0.05, 0) is 47.5 Å². The number of allylic oxidation sites excluding steroid dienone is 2. The second-order valence-electron chi connectivity index (χ2n) is 6.67. The fourth-order valence-electron chi connectivity index (χ4n) is 2.26. The molecule has 22 heteroatoms. The molecular formula is C21H44N6O14P2. The maximum Gasteiger partial charge on any atom is 0.466 e. The first kappa shape index (κ1) is 55.4. The highest BCUT2D eigenvalue weighted by molar-refractivity contribution is 7.45. The molecule has 0 saturated heterocycles. The average Bonchev–Trinajstić information content (AvgIpc) is 2.75. The van der Waals surface area contributed by atoms with E-state index in [-0.39, 0.29) is 66.4 Å². The third-order valence-electron chi connectivity index (χ3n) is 3.68. The first-order chi connectivity index (χ1) is 16.9. The zero-order chi connectivity index (χ0) is 28.8. The van der Waals surface area contributed by atoms with Gasteiger partial charge in [0.15, 0.2) is 34.6 Å². The van der Waals surface area contributed by atoms with Gasteiger partial charge in [-0.2, -0.15) is 0 Å². The molecule has 0 fully saturated rings. The Morgan fingerprint density at radius 2 is 0.884 bits per heavy atom. The summed E-state index contributed by atoms with van der Waals surface area (Å²) in [5, 5.41) is 19.1. The molecule has 20 nitrogen and oxygen atoms in total. The minimum atomic E-state index is -4.64. The van der Waals surface area contributed by atoms with Crippen molar-refractivity contribution >= 4 is 39.4 Å². The topological polar surface area (TPSA) is 459 Å². The Labute approximate surface area is 247 Å². The predicted octanol–water partition coefficient (Wildman–Crippen LogP) is 2.48. The first-order valence-electron chi connectivity index (χ1n) is 9.65. The van der Waals surface area contributed by atoms with Crippen molar-refractivity contribution in [2.75, 3.05) is 14.2 Å². The van der Waals surface area contributed by atoms with Gasteiger partial charge in [0.2, 0.25) is 0 Å². The number of benzene rings is 2. The van der Waals surface area contributed by atoms with Crippen molar-refractivity contribution in [1.29, 1.82) is 0 Å². The summed E-state index contributed by atoms with van der Waals surface area (Å²) < 4.78 is 27.8. The summed E-state index contributed by atoms with van der Waals surface area (Å²) in [6.07, 6.45) is 5.44. The Bertz CT molecular complexity index is 1120. The summed E-state index contributed by atoms with van der Waals surface area (Å²) in [5.41, 5.74) is 1.33. The molecule has 0 unspecified atom stereocenters. The number of methoxy groups -OCH3 is 2. The molecule has 0 atom stereocenters. The molecule has 0 aromatic heterocycles. The van der Waals surface area contributed by atoms with Crippen LogP contribution in [0.4, 0.5) is 0 Å². The van der Waals surface area contributed by atoms with Crippen LogP contribution in [0, 0.1) is 0 Å². The molecule has 2 aromatic rings. The number of rotatable bonds is 8. The second kappa shape index (κ2) is 26.1. The van der Waals surface area contributed by atoms with E-state index in [9.17, 15) is 19.8 Å². The van der Waals surface area contributed by atoms with E-state index in [0.717, 1.165) is 0 Å². The lowest BCUT2D eigenvalue weighted by Gasteiger charge is -2.03. The fraction of sp³-hybridized carbons (Fsp3) is 0.143. The molecule has 0 aliphatic rings. The molecule has 0 amide bonds. The number of phenolic OH excluding ortho intramolecular Hbond substituents is 2. The Morgan fingerprint density at radius 1 is 0.628 bits per heavy atom. The standard InChI is InChI=1S/C21H20O6.6H3N.2H3O4P/c1-26-20-11-14(5-9-18(20)24)3-7-16(22)13-17(23)8-4-15-6-10-19(25)21(12-15)27-2;;;;;;;2*1-5(2,3)4/h3-12,24-25H,13H2,1-2H3;6*1H3;2*(H3,1,2,3,4)/b7-3+,8-4+;;;;;;;;. The Morgan fingerprint density at radius 3 is 1.12 bits per heavy atom. The maximum absolute atomic E-state index is 11.9. The van der Waals surface area contributed by atoms with Crippen LogP contribution in [0.3, 0.4) is 0 Å². The van der Waals surface area contributed by atoms with Crippen molar-refractivity contribution in [3.63, 3.8) is 0 Å². The molecule has 0 aliphatic carbocycles. The number of ether oxygens (including phenoxy) is 2. The van der Waals surface area contributed by atoms with E-state index in [4.69, 9.17) is 48.0 Å². The molecule has 0 radical (unpaired) electrons. The van der Waals surface area contributed by atoms with Crippen LogP contribution in [-0.4, -0.2) is 65.4 Å². The minimum absolute atomic E-state index is 0. The Hall–Kier alpha value is -3.56. The number of hydrogen-bond acceptors (Lipinski definition) is 14. The molecule has 0 heterocycles. The van der Waals surface area contributed by atoms with Crippen LogP contribution in [0.15, 0.2) is 48.6 Å².